The predicted molar refractivity (Wildman–Crippen MR) is 90.1 cm³/mol. The molecule has 0 bridgehead atoms. The maximum Gasteiger partial charge on any atom is 0.119 e. The highest BCUT2D eigenvalue weighted by atomic mass is 79.9. The summed E-state index contributed by atoms with van der Waals surface area (Å²) in [6.07, 6.45) is 5.84. The molecule has 1 aromatic carbocycles. The third kappa shape index (κ3) is 7.30. The molecule has 0 radical (unpaired) electrons. The molecule has 2 N–H and O–H groups in total. The summed E-state index contributed by atoms with van der Waals surface area (Å²) in [7, 11) is 0. The van der Waals surface area contributed by atoms with Gasteiger partial charge in [0.25, 0.3) is 0 Å². The lowest BCUT2D eigenvalue weighted by atomic mass is 10.1. The van der Waals surface area contributed by atoms with Crippen LogP contribution in [0.25, 0.3) is 0 Å². The van der Waals surface area contributed by atoms with Gasteiger partial charge in [-0.25, -0.2) is 0 Å². The summed E-state index contributed by atoms with van der Waals surface area (Å²) in [5, 5.41) is 19.8. The Labute approximate surface area is 136 Å². The quantitative estimate of drug-likeness (QED) is 0.460. The van der Waals surface area contributed by atoms with Crippen LogP contribution in [0.3, 0.4) is 0 Å². The maximum absolute atomic E-state index is 9.88. The van der Waals surface area contributed by atoms with E-state index in [1.165, 1.54) is 32.1 Å². The first-order valence-electron chi connectivity index (χ1n) is 7.84. The lowest BCUT2D eigenvalue weighted by molar-refractivity contribution is 0.0342. The molecule has 0 aliphatic carbocycles. The highest BCUT2D eigenvalue weighted by molar-refractivity contribution is 9.09. The van der Waals surface area contributed by atoms with Crippen molar-refractivity contribution in [2.75, 3.05) is 11.9 Å². The van der Waals surface area contributed by atoms with E-state index in [1.807, 2.05) is 12.1 Å². The second-order valence-electron chi connectivity index (χ2n) is 5.35. The average Bonchev–Trinajstić information content (AvgIpc) is 2.53. The van der Waals surface area contributed by atoms with Crippen LogP contribution in [-0.2, 0) is 0 Å². The first kappa shape index (κ1) is 18.5. The van der Waals surface area contributed by atoms with Crippen molar-refractivity contribution in [1.29, 1.82) is 0 Å². The minimum absolute atomic E-state index is 0.352. The number of halogens is 1. The molecule has 120 valence electrons. The fraction of sp³-hybridized carbons (Fsp3) is 0.647. The Balaban J connectivity index is 2.25. The van der Waals surface area contributed by atoms with Gasteiger partial charge in [-0.15, -0.1) is 0 Å². The van der Waals surface area contributed by atoms with Crippen molar-refractivity contribution in [1.82, 2.24) is 0 Å². The Morgan fingerprint density at radius 1 is 1.00 bits per heavy atom. The van der Waals surface area contributed by atoms with Crippen molar-refractivity contribution < 1.29 is 14.9 Å². The van der Waals surface area contributed by atoms with Gasteiger partial charge in [0.15, 0.2) is 0 Å². The Hall–Kier alpha value is -0.580. The van der Waals surface area contributed by atoms with Crippen LogP contribution in [0.15, 0.2) is 24.3 Å². The van der Waals surface area contributed by atoms with Crippen molar-refractivity contribution in [3.63, 3.8) is 0 Å². The van der Waals surface area contributed by atoms with Gasteiger partial charge in [0.05, 0.1) is 12.7 Å². The molecule has 4 heteroatoms. The van der Waals surface area contributed by atoms with Gasteiger partial charge in [0.1, 0.15) is 11.9 Å². The molecule has 1 aromatic rings. The topological polar surface area (TPSA) is 49.7 Å². The summed E-state index contributed by atoms with van der Waals surface area (Å²) in [6.45, 7) is 2.96. The SMILES string of the molecule is CCCCCCCCOc1ccc(C(O)C(O)CBr)cc1. The normalized spacial score (nSPS) is 13.9. The fourth-order valence-corrected chi connectivity index (χ4v) is 2.49. The second kappa shape index (κ2) is 11.0. The molecular weight excluding hydrogens is 332 g/mol. The van der Waals surface area contributed by atoms with Crippen molar-refractivity contribution >= 4 is 15.9 Å². The highest BCUT2D eigenvalue weighted by Gasteiger charge is 2.16. The number of aliphatic hydroxyl groups is 2. The van der Waals surface area contributed by atoms with Gasteiger partial charge < -0.3 is 14.9 Å². The fourth-order valence-electron chi connectivity index (χ4n) is 2.14. The first-order valence-corrected chi connectivity index (χ1v) is 8.96. The van der Waals surface area contributed by atoms with E-state index in [4.69, 9.17) is 4.74 Å². The van der Waals surface area contributed by atoms with E-state index in [0.717, 1.165) is 18.8 Å². The van der Waals surface area contributed by atoms with Crippen molar-refractivity contribution in [3.05, 3.63) is 29.8 Å². The van der Waals surface area contributed by atoms with Gasteiger partial charge in [-0.2, -0.15) is 0 Å². The first-order chi connectivity index (χ1) is 10.2. The molecule has 21 heavy (non-hydrogen) atoms. The van der Waals surface area contributed by atoms with Crippen LogP contribution < -0.4 is 4.74 Å². The number of hydrogen-bond acceptors (Lipinski definition) is 3. The molecular formula is C17H27BrO3. The largest absolute Gasteiger partial charge is 0.494 e. The Morgan fingerprint density at radius 2 is 1.62 bits per heavy atom. The van der Waals surface area contributed by atoms with Crippen LogP contribution in [0, 0.1) is 0 Å². The molecule has 0 saturated carbocycles. The zero-order valence-corrected chi connectivity index (χ0v) is 14.4. The predicted octanol–water partition coefficient (Wildman–Crippen LogP) is 4.22. The number of benzene rings is 1. The zero-order valence-electron chi connectivity index (χ0n) is 12.8. The molecule has 0 amide bonds. The molecule has 0 saturated heterocycles. The summed E-state index contributed by atoms with van der Waals surface area (Å²) in [5.74, 6) is 0.813. The number of unbranched alkanes of at least 4 members (excludes halogenated alkanes) is 5. The molecule has 0 heterocycles. The molecule has 0 aliphatic rings. The van der Waals surface area contributed by atoms with Gasteiger partial charge in [-0.3, -0.25) is 0 Å². The van der Waals surface area contributed by atoms with Crippen molar-refractivity contribution in [2.45, 2.75) is 57.7 Å². The lowest BCUT2D eigenvalue weighted by Gasteiger charge is -2.16. The summed E-state index contributed by atoms with van der Waals surface area (Å²) < 4.78 is 5.68. The summed E-state index contributed by atoms with van der Waals surface area (Å²) >= 11 is 3.16. The summed E-state index contributed by atoms with van der Waals surface area (Å²) in [5.41, 5.74) is 0.703. The van der Waals surface area contributed by atoms with E-state index in [1.54, 1.807) is 12.1 Å². The van der Waals surface area contributed by atoms with Crippen LogP contribution in [0.5, 0.6) is 5.75 Å². The maximum atomic E-state index is 9.88. The number of alkyl halides is 1. The van der Waals surface area contributed by atoms with E-state index < -0.39 is 12.2 Å². The van der Waals surface area contributed by atoms with Crippen LogP contribution in [0.1, 0.15) is 57.1 Å². The number of hydrogen-bond donors (Lipinski definition) is 2. The molecule has 1 rings (SSSR count). The van der Waals surface area contributed by atoms with Gasteiger partial charge in [-0.05, 0) is 24.1 Å². The molecule has 3 nitrogen and oxygen atoms in total. The van der Waals surface area contributed by atoms with E-state index >= 15 is 0 Å². The smallest absolute Gasteiger partial charge is 0.119 e. The molecule has 0 aromatic heterocycles. The summed E-state index contributed by atoms with van der Waals surface area (Å²) in [6, 6.07) is 7.29. The molecule has 0 fully saturated rings. The number of rotatable bonds is 11. The highest BCUT2D eigenvalue weighted by Crippen LogP contribution is 2.21. The van der Waals surface area contributed by atoms with E-state index in [9.17, 15) is 10.2 Å². The van der Waals surface area contributed by atoms with Crippen LogP contribution in [-0.4, -0.2) is 28.3 Å². The van der Waals surface area contributed by atoms with Gasteiger partial charge >= 0.3 is 0 Å². The summed E-state index contributed by atoms with van der Waals surface area (Å²) in [4.78, 5) is 0. The van der Waals surface area contributed by atoms with Crippen molar-refractivity contribution in [3.8, 4) is 5.75 Å². The van der Waals surface area contributed by atoms with E-state index in [-0.39, 0.29) is 0 Å². The molecule has 2 unspecified atom stereocenters. The lowest BCUT2D eigenvalue weighted by Crippen LogP contribution is -2.19. The van der Waals surface area contributed by atoms with E-state index in [0.29, 0.717) is 10.9 Å². The second-order valence-corrected chi connectivity index (χ2v) is 6.00. The standard InChI is InChI=1S/C17H27BrO3/c1-2-3-4-5-6-7-12-21-15-10-8-14(9-11-15)17(20)16(19)13-18/h8-11,16-17,19-20H,2-7,12-13H2,1H3. The monoisotopic (exact) mass is 358 g/mol. The van der Waals surface area contributed by atoms with E-state index in [2.05, 4.69) is 22.9 Å². The van der Waals surface area contributed by atoms with Gasteiger partial charge in [0.2, 0.25) is 0 Å². The van der Waals surface area contributed by atoms with Gasteiger partial charge in [-0.1, -0.05) is 67.1 Å². The Kier molecular flexibility index (Phi) is 9.72. The number of aliphatic hydroxyl groups excluding tert-OH is 2. The molecule has 0 spiro atoms. The van der Waals surface area contributed by atoms with Crippen LogP contribution >= 0.6 is 15.9 Å². The minimum atomic E-state index is -0.864. The van der Waals surface area contributed by atoms with Gasteiger partial charge in [0, 0.05) is 5.33 Å². The van der Waals surface area contributed by atoms with Crippen LogP contribution in [0.2, 0.25) is 0 Å². The molecule has 0 aliphatic heterocycles. The third-order valence-corrected chi connectivity index (χ3v) is 4.17. The van der Waals surface area contributed by atoms with Crippen LogP contribution in [0.4, 0.5) is 0 Å². The van der Waals surface area contributed by atoms with Crippen molar-refractivity contribution in [2.24, 2.45) is 0 Å². The average molecular weight is 359 g/mol. The minimum Gasteiger partial charge on any atom is -0.494 e. The Morgan fingerprint density at radius 3 is 2.24 bits per heavy atom. The molecule has 2 atom stereocenters. The third-order valence-electron chi connectivity index (χ3n) is 3.51. The zero-order chi connectivity index (χ0) is 15.5. The Bertz CT molecular complexity index is 367. The number of ether oxygens (including phenoxy) is 1.